The van der Waals surface area contributed by atoms with Crippen molar-refractivity contribution in [1.29, 1.82) is 0 Å². The fourth-order valence-corrected chi connectivity index (χ4v) is 12.0. The van der Waals surface area contributed by atoms with Gasteiger partial charge in [0.25, 0.3) is 0 Å². The summed E-state index contributed by atoms with van der Waals surface area (Å²) in [6.07, 6.45) is 0.939. The Morgan fingerprint density at radius 2 is 0.576 bits per heavy atom. The van der Waals surface area contributed by atoms with Gasteiger partial charge in [0.1, 0.15) is 0 Å². The van der Waals surface area contributed by atoms with Gasteiger partial charge in [-0.25, -0.2) is 0 Å². The summed E-state index contributed by atoms with van der Waals surface area (Å²) < 4.78 is 0. The quantitative estimate of drug-likeness (QED) is 0.252. The molecule has 0 aromatic heterocycles. The minimum atomic E-state index is -3.12. The predicted octanol–water partition coefficient (Wildman–Crippen LogP) is 6.46. The van der Waals surface area contributed by atoms with Gasteiger partial charge < -0.3 is 0 Å². The molecule has 33 heavy (non-hydrogen) atoms. The van der Waals surface area contributed by atoms with Gasteiger partial charge in [0.15, 0.2) is 0 Å². The average Bonchev–Trinajstić information content (AvgIpc) is 2.90. The molecule has 0 amide bonds. The molecule has 5 aromatic rings. The van der Waals surface area contributed by atoms with Gasteiger partial charge >= 0.3 is 191 Å². The molecule has 0 aliphatic carbocycles. The third kappa shape index (κ3) is 3.70. The van der Waals surface area contributed by atoms with Gasteiger partial charge in [-0.15, -0.1) is 12.4 Å². The summed E-state index contributed by atoms with van der Waals surface area (Å²) in [5.74, 6) is 0. The number of halogens is 1. The van der Waals surface area contributed by atoms with Crippen LogP contribution in [0.25, 0.3) is 0 Å². The van der Waals surface area contributed by atoms with Crippen molar-refractivity contribution < 1.29 is 0 Å². The van der Waals surface area contributed by atoms with Crippen molar-refractivity contribution in [2.75, 3.05) is 0 Å². The summed E-state index contributed by atoms with van der Waals surface area (Å²) in [7, 11) is 0. The van der Waals surface area contributed by atoms with Gasteiger partial charge in [0.2, 0.25) is 0 Å². The van der Waals surface area contributed by atoms with Crippen molar-refractivity contribution in [3.05, 3.63) is 157 Å². The van der Waals surface area contributed by atoms with E-state index in [1.807, 2.05) is 0 Å². The Hall–Kier alpha value is -3.18. The summed E-state index contributed by atoms with van der Waals surface area (Å²) >= 11 is 0. The zero-order valence-corrected chi connectivity index (χ0v) is 20.2. The molecule has 0 unspecified atom stereocenters. The summed E-state index contributed by atoms with van der Waals surface area (Å²) in [6, 6.07) is 55.7. The van der Waals surface area contributed by atoms with E-state index in [1.165, 1.54) is 26.8 Å². The van der Waals surface area contributed by atoms with Gasteiger partial charge in [-0.1, -0.05) is 0 Å². The zero-order chi connectivity index (χ0) is 21.7. The predicted molar refractivity (Wildman–Crippen MR) is 149 cm³/mol. The van der Waals surface area contributed by atoms with Crippen molar-refractivity contribution in [2.45, 2.75) is 6.16 Å². The maximum absolute atomic E-state index is 3.12. The Labute approximate surface area is 203 Å². The van der Waals surface area contributed by atoms with Crippen LogP contribution in [0.3, 0.4) is 0 Å². The third-order valence-corrected chi connectivity index (χ3v) is 13.4. The molecule has 0 aliphatic heterocycles. The molecule has 0 fully saturated rings. The van der Waals surface area contributed by atoms with Crippen LogP contribution in [0.15, 0.2) is 152 Å². The summed E-state index contributed by atoms with van der Waals surface area (Å²) in [4.78, 5) is 0. The Balaban J connectivity index is 0.00000259. The standard InChI is InChI=1S/C31H27P.ClH/c1-6-16-27(17-7-1)26-32(28-18-8-2-9-19-28,29-20-10-3-11-21-29,30-22-12-4-13-23-30)31-24-14-5-15-25-31;/h1-25H,26H2;1H. The molecule has 0 saturated heterocycles. The van der Waals surface area contributed by atoms with Gasteiger partial charge in [-0.2, -0.15) is 0 Å². The Kier molecular flexibility index (Phi) is 6.80. The fourth-order valence-electron chi connectivity index (χ4n) is 5.24. The summed E-state index contributed by atoms with van der Waals surface area (Å²) in [6.45, 7) is -3.12. The number of benzene rings is 5. The van der Waals surface area contributed by atoms with Gasteiger partial charge in [-0.3, -0.25) is 0 Å². The second-order valence-corrected chi connectivity index (χ2v) is 13.3. The van der Waals surface area contributed by atoms with Crippen LogP contribution in [0.2, 0.25) is 0 Å². The maximum atomic E-state index is 2.34. The van der Waals surface area contributed by atoms with Crippen molar-refractivity contribution >= 4 is 40.2 Å². The molecule has 0 spiro atoms. The van der Waals surface area contributed by atoms with E-state index in [9.17, 15) is 0 Å². The Morgan fingerprint density at radius 3 is 0.848 bits per heavy atom. The van der Waals surface area contributed by atoms with Crippen LogP contribution in [0.1, 0.15) is 5.56 Å². The summed E-state index contributed by atoms with van der Waals surface area (Å²) in [5, 5.41) is 5.58. The number of hydrogen-bond acceptors (Lipinski definition) is 0. The zero-order valence-electron chi connectivity index (χ0n) is 18.5. The minimum absolute atomic E-state index is 0. The van der Waals surface area contributed by atoms with E-state index in [0.29, 0.717) is 0 Å². The monoisotopic (exact) mass is 466 g/mol. The molecule has 0 radical (unpaired) electrons. The van der Waals surface area contributed by atoms with Crippen molar-refractivity contribution in [3.8, 4) is 0 Å². The second kappa shape index (κ2) is 9.75. The first-order chi connectivity index (χ1) is 15.8. The fraction of sp³-hybridized carbons (Fsp3) is 0.0323. The second-order valence-electron chi connectivity index (χ2n) is 8.29. The van der Waals surface area contributed by atoms with Crippen LogP contribution < -0.4 is 21.2 Å². The van der Waals surface area contributed by atoms with Crippen LogP contribution in [0.5, 0.6) is 0 Å². The number of rotatable bonds is 6. The van der Waals surface area contributed by atoms with E-state index < -0.39 is 6.60 Å². The van der Waals surface area contributed by atoms with Crippen LogP contribution in [-0.2, 0) is 6.16 Å². The van der Waals surface area contributed by atoms with Crippen LogP contribution in [0.4, 0.5) is 0 Å². The molecule has 0 atom stereocenters. The third-order valence-electron chi connectivity index (χ3n) is 6.65. The molecule has 5 aromatic carbocycles. The van der Waals surface area contributed by atoms with Gasteiger partial charge in [0.05, 0.1) is 0 Å². The van der Waals surface area contributed by atoms with E-state index in [0.717, 1.165) is 6.16 Å². The molecule has 164 valence electrons. The van der Waals surface area contributed by atoms with E-state index in [-0.39, 0.29) is 12.4 Å². The number of hydrogen-bond donors (Lipinski definition) is 0. The molecule has 0 nitrogen and oxygen atoms in total. The van der Waals surface area contributed by atoms with Crippen molar-refractivity contribution in [3.63, 3.8) is 0 Å². The molecular formula is C31H28ClP. The van der Waals surface area contributed by atoms with E-state index in [1.54, 1.807) is 0 Å². The molecule has 0 aliphatic rings. The van der Waals surface area contributed by atoms with E-state index in [2.05, 4.69) is 152 Å². The molecule has 0 saturated carbocycles. The molecule has 2 heteroatoms. The first-order valence-corrected chi connectivity index (χ1v) is 13.5. The molecule has 0 bridgehead atoms. The van der Waals surface area contributed by atoms with E-state index in [4.69, 9.17) is 0 Å². The van der Waals surface area contributed by atoms with E-state index >= 15 is 0 Å². The van der Waals surface area contributed by atoms with Crippen molar-refractivity contribution in [2.24, 2.45) is 0 Å². The molecule has 0 heterocycles. The van der Waals surface area contributed by atoms with Crippen LogP contribution >= 0.6 is 19.0 Å². The topological polar surface area (TPSA) is 0 Å². The summed E-state index contributed by atoms with van der Waals surface area (Å²) in [5.41, 5.74) is 1.35. The first kappa shape index (κ1) is 23.0. The molecule has 5 rings (SSSR count). The van der Waals surface area contributed by atoms with Gasteiger partial charge in [-0.05, 0) is 0 Å². The van der Waals surface area contributed by atoms with Gasteiger partial charge in [0, 0.05) is 0 Å². The SMILES string of the molecule is Cl.c1ccc(CP(c2ccccc2)(c2ccccc2)(c2ccccc2)c2ccccc2)cc1. The Morgan fingerprint density at radius 1 is 0.333 bits per heavy atom. The van der Waals surface area contributed by atoms with Crippen LogP contribution in [0, 0.1) is 0 Å². The molecular weight excluding hydrogens is 439 g/mol. The van der Waals surface area contributed by atoms with Crippen LogP contribution in [-0.4, -0.2) is 0 Å². The molecule has 0 N–H and O–H groups in total. The normalized spacial score (nSPS) is 12.2. The van der Waals surface area contributed by atoms with Crippen molar-refractivity contribution in [1.82, 2.24) is 0 Å². The first-order valence-electron chi connectivity index (χ1n) is 11.1. The Bertz CT molecular complexity index is 1100. The average molecular weight is 467 g/mol.